The number of rotatable bonds is 28. The average molecular weight is 662 g/mol. The maximum Gasteiger partial charge on any atom is 2.00 e. The molecule has 0 aliphatic carbocycles. The number of benzene rings is 1. The number of hydrogen-bond donors (Lipinski definition) is 0. The van der Waals surface area contributed by atoms with Crippen LogP contribution >= 0.6 is 6.12 Å². The van der Waals surface area contributed by atoms with Crippen molar-refractivity contribution in [2.75, 3.05) is 0 Å². The van der Waals surface area contributed by atoms with Crippen molar-refractivity contribution in [2.24, 2.45) is 0 Å². The van der Waals surface area contributed by atoms with Gasteiger partial charge in [0.25, 0.3) is 0 Å². The second-order valence-corrected chi connectivity index (χ2v) is 16.4. The molecule has 1 rings (SSSR count). The minimum Gasteiger partial charge on any atom is -0.682 e. The van der Waals surface area contributed by atoms with Crippen LogP contribution in [0.15, 0.2) is 18.2 Å². The van der Waals surface area contributed by atoms with E-state index in [0.29, 0.717) is 5.75 Å². The van der Waals surface area contributed by atoms with E-state index in [1.807, 2.05) is 12.1 Å². The van der Waals surface area contributed by atoms with Gasteiger partial charge in [0.2, 0.25) is 0 Å². The van der Waals surface area contributed by atoms with Gasteiger partial charge in [-0.1, -0.05) is 167 Å². The van der Waals surface area contributed by atoms with Gasteiger partial charge in [-0.05, 0) is 37.3 Å². The van der Waals surface area contributed by atoms with Crippen molar-refractivity contribution in [3.63, 3.8) is 0 Å². The standard InChI is InChI=1S/C34H63O2PS2.Zn/c1-3-5-7-9-11-13-15-17-19-21-23-25-28-32-29-27-31-34(36-37(35,38)39)33(32)30-26-24-22-20-18-16-14-12-10-8-6-4-2;/h27,29,31H,3-26,28,30H2,1-2H3,(H2,35,38,39);/q;+2/p-2. The average Bonchev–Trinajstić information content (AvgIpc) is 2.90. The molecule has 0 spiro atoms. The maximum absolute atomic E-state index is 12.1. The summed E-state index contributed by atoms with van der Waals surface area (Å²) in [7, 11) is 0. The Morgan fingerprint density at radius 2 is 0.900 bits per heavy atom. The summed E-state index contributed by atoms with van der Waals surface area (Å²) in [6, 6.07) is 6.14. The third-order valence-electron chi connectivity index (χ3n) is 8.02. The molecule has 0 bridgehead atoms. The third-order valence-corrected chi connectivity index (χ3v) is 8.89. The summed E-state index contributed by atoms with van der Waals surface area (Å²) in [5.74, 6) is 0.669. The first-order valence-corrected chi connectivity index (χ1v) is 20.5. The van der Waals surface area contributed by atoms with Crippen LogP contribution in [0.2, 0.25) is 0 Å². The first kappa shape index (κ1) is 40.7. The molecule has 2 nitrogen and oxygen atoms in total. The fourth-order valence-corrected chi connectivity index (χ4v) is 6.53. The first-order chi connectivity index (χ1) is 19.0. The molecule has 0 heterocycles. The molecule has 0 unspecified atom stereocenters. The summed E-state index contributed by atoms with van der Waals surface area (Å²) in [6.07, 6.45) is 31.1. The zero-order valence-corrected chi connectivity index (χ0v) is 31.9. The second kappa shape index (κ2) is 28.5. The molecule has 0 N–H and O–H groups in total. The molecule has 0 aromatic heterocycles. The van der Waals surface area contributed by atoms with E-state index in [1.54, 1.807) is 0 Å². The first-order valence-electron chi connectivity index (χ1n) is 16.8. The maximum atomic E-state index is 12.1. The molecule has 0 atom stereocenters. The van der Waals surface area contributed by atoms with Gasteiger partial charge in [-0.3, -0.25) is 0 Å². The quantitative estimate of drug-likeness (QED) is 0.0387. The van der Waals surface area contributed by atoms with Crippen molar-refractivity contribution in [2.45, 2.75) is 181 Å². The van der Waals surface area contributed by atoms with E-state index in [1.165, 1.54) is 159 Å². The van der Waals surface area contributed by atoms with Crippen LogP contribution in [0.25, 0.3) is 0 Å². The van der Waals surface area contributed by atoms with Crippen LogP contribution in [-0.2, 0) is 56.8 Å². The van der Waals surface area contributed by atoms with Crippen molar-refractivity contribution >= 4 is 30.6 Å². The molecule has 0 radical (unpaired) electrons. The van der Waals surface area contributed by atoms with Crippen LogP contribution < -0.4 is 9.42 Å². The Balaban J connectivity index is 0.0000152. The SMILES string of the molecule is CCCCCCCCCCCCCCc1cccc(O[P+]([O-])([S-])[S-])c1CCCCCCCCCCCCCC.[Zn+2]. The minimum absolute atomic E-state index is 0. The number of aryl methyl sites for hydroxylation is 1. The topological polar surface area (TPSA) is 32.3 Å². The Kier molecular flexibility index (Phi) is 29.0. The van der Waals surface area contributed by atoms with Gasteiger partial charge >= 0.3 is 19.5 Å². The van der Waals surface area contributed by atoms with Crippen molar-refractivity contribution in [1.29, 1.82) is 0 Å². The van der Waals surface area contributed by atoms with E-state index in [4.69, 9.17) is 29.0 Å². The van der Waals surface area contributed by atoms with E-state index in [9.17, 15) is 4.89 Å². The molecule has 6 heteroatoms. The molecule has 1 aromatic rings. The zero-order valence-electron chi connectivity index (χ0n) is 26.4. The van der Waals surface area contributed by atoms with Gasteiger partial charge in [0.05, 0.1) is 0 Å². The molecule has 0 saturated carbocycles. The van der Waals surface area contributed by atoms with Gasteiger partial charge in [0.1, 0.15) is 0 Å². The second-order valence-electron chi connectivity index (χ2n) is 11.7. The molecular weight excluding hydrogens is 601 g/mol. The third kappa shape index (κ3) is 24.2. The fraction of sp³-hybridized carbons (Fsp3) is 0.824. The number of unbranched alkanes of at least 4 members (excludes halogenated alkanes) is 22. The van der Waals surface area contributed by atoms with Gasteiger partial charge in [-0.25, -0.2) is 0 Å². The molecule has 0 amide bonds. The van der Waals surface area contributed by atoms with Gasteiger partial charge in [0, 0.05) is 5.56 Å². The Hall–Kier alpha value is 0.733. The van der Waals surface area contributed by atoms with Crippen LogP contribution in [-0.4, -0.2) is 0 Å². The van der Waals surface area contributed by atoms with Crippen LogP contribution in [0, 0.1) is 0 Å². The van der Waals surface area contributed by atoms with Crippen molar-refractivity contribution in [1.82, 2.24) is 0 Å². The summed E-state index contributed by atoms with van der Waals surface area (Å²) in [5.41, 5.74) is 2.53. The predicted octanol–water partition coefficient (Wildman–Crippen LogP) is 11.7. The van der Waals surface area contributed by atoms with Crippen molar-refractivity contribution < 1.29 is 28.9 Å². The van der Waals surface area contributed by atoms with Gasteiger partial charge < -0.3 is 33.9 Å². The van der Waals surface area contributed by atoms with E-state index >= 15 is 0 Å². The Labute approximate surface area is 274 Å². The zero-order chi connectivity index (χ0) is 28.4. The van der Waals surface area contributed by atoms with Crippen LogP contribution in [0.4, 0.5) is 0 Å². The molecule has 0 saturated heterocycles. The Bertz CT molecular complexity index is 684. The molecule has 1 aromatic carbocycles. The Morgan fingerprint density at radius 1 is 0.550 bits per heavy atom. The molecule has 0 aliphatic rings. The van der Waals surface area contributed by atoms with E-state index in [0.717, 1.165) is 19.3 Å². The monoisotopic (exact) mass is 660 g/mol. The van der Waals surface area contributed by atoms with Crippen LogP contribution in [0.5, 0.6) is 5.75 Å². The normalized spacial score (nSPS) is 11.5. The van der Waals surface area contributed by atoms with Gasteiger partial charge in [-0.2, -0.15) is 0 Å². The van der Waals surface area contributed by atoms with Crippen molar-refractivity contribution in [3.8, 4) is 5.75 Å². The van der Waals surface area contributed by atoms with E-state index in [2.05, 4.69) is 19.9 Å². The summed E-state index contributed by atoms with van der Waals surface area (Å²) in [5, 5.41) is 0. The summed E-state index contributed by atoms with van der Waals surface area (Å²) in [6.45, 7) is 4.56. The largest absolute Gasteiger partial charge is 2.00 e. The predicted molar refractivity (Wildman–Crippen MR) is 178 cm³/mol. The molecule has 228 valence electrons. The van der Waals surface area contributed by atoms with E-state index in [-0.39, 0.29) is 19.5 Å². The molecular formula is C34H61O2PS2Zn. The molecule has 40 heavy (non-hydrogen) atoms. The Morgan fingerprint density at radius 3 is 1.27 bits per heavy atom. The van der Waals surface area contributed by atoms with Gasteiger partial charge in [-0.15, -0.1) is 6.12 Å². The summed E-state index contributed by atoms with van der Waals surface area (Å²) in [4.78, 5) is 12.1. The summed E-state index contributed by atoms with van der Waals surface area (Å²) < 4.78 is 5.63. The number of hydrogen-bond acceptors (Lipinski definition) is 4. The molecule has 0 fully saturated rings. The summed E-state index contributed by atoms with van der Waals surface area (Å²) >= 11 is 9.89. The van der Waals surface area contributed by atoms with Crippen LogP contribution in [0.1, 0.15) is 179 Å². The van der Waals surface area contributed by atoms with Crippen LogP contribution in [0.3, 0.4) is 0 Å². The van der Waals surface area contributed by atoms with Crippen molar-refractivity contribution in [3.05, 3.63) is 29.3 Å². The molecule has 0 aliphatic heterocycles. The van der Waals surface area contributed by atoms with Gasteiger partial charge in [0.15, 0.2) is 5.75 Å². The fourth-order valence-electron chi connectivity index (χ4n) is 5.63. The smallest absolute Gasteiger partial charge is 0.682 e. The van der Waals surface area contributed by atoms with E-state index < -0.39 is 6.12 Å². The minimum atomic E-state index is -3.40.